The van der Waals surface area contributed by atoms with Gasteiger partial charge in [0.2, 0.25) is 0 Å². The van der Waals surface area contributed by atoms with Crippen molar-refractivity contribution in [2.24, 2.45) is 5.16 Å². The number of ether oxygens (including phenoxy) is 2. The molecule has 0 atom stereocenters. The minimum atomic E-state index is -4.72. The van der Waals surface area contributed by atoms with E-state index in [0.29, 0.717) is 0 Å². The smallest absolute Gasteiger partial charge is 0.490 e. The fourth-order valence-electron chi connectivity index (χ4n) is 1.27. The Labute approximate surface area is 106 Å². The van der Waals surface area contributed by atoms with Gasteiger partial charge in [-0.1, -0.05) is 5.16 Å². The van der Waals surface area contributed by atoms with Gasteiger partial charge in [-0.3, -0.25) is 4.74 Å². The largest absolute Gasteiger partial charge is 0.522 e. The third-order valence-corrected chi connectivity index (χ3v) is 2.09. The zero-order chi connectivity index (χ0) is 14.5. The fourth-order valence-corrected chi connectivity index (χ4v) is 1.27. The van der Waals surface area contributed by atoms with Gasteiger partial charge in [0.1, 0.15) is 18.2 Å². The average molecular weight is 281 g/mol. The van der Waals surface area contributed by atoms with Crippen LogP contribution in [0.4, 0.5) is 17.6 Å². The Morgan fingerprint density at radius 2 is 2.00 bits per heavy atom. The summed E-state index contributed by atoms with van der Waals surface area (Å²) in [4.78, 5) is 0. The van der Waals surface area contributed by atoms with E-state index in [0.717, 1.165) is 12.1 Å². The van der Waals surface area contributed by atoms with Crippen molar-refractivity contribution < 1.29 is 32.2 Å². The molecule has 1 rings (SSSR count). The van der Waals surface area contributed by atoms with Crippen LogP contribution in [0.25, 0.3) is 0 Å². The van der Waals surface area contributed by atoms with E-state index in [-0.39, 0.29) is 23.6 Å². The van der Waals surface area contributed by atoms with Crippen LogP contribution in [0.2, 0.25) is 0 Å². The molecule has 1 N–H and O–H groups in total. The van der Waals surface area contributed by atoms with Crippen molar-refractivity contribution in [1.82, 2.24) is 0 Å². The van der Waals surface area contributed by atoms with E-state index in [9.17, 15) is 17.6 Å². The Balaban J connectivity index is 2.68. The number of hydrogen-bond donors (Lipinski definition) is 1. The van der Waals surface area contributed by atoms with Crippen molar-refractivity contribution in [3.8, 4) is 5.75 Å². The molecule has 0 radical (unpaired) electrons. The van der Waals surface area contributed by atoms with Gasteiger partial charge in [0.05, 0.1) is 12.3 Å². The lowest BCUT2D eigenvalue weighted by Gasteiger charge is -2.12. The zero-order valence-corrected chi connectivity index (χ0v) is 9.87. The molecule has 0 unspecified atom stereocenters. The number of benzene rings is 1. The van der Waals surface area contributed by atoms with Crippen molar-refractivity contribution in [3.05, 3.63) is 29.6 Å². The van der Waals surface area contributed by atoms with Crippen molar-refractivity contribution in [2.75, 3.05) is 13.2 Å². The lowest BCUT2D eigenvalue weighted by Crippen LogP contribution is -2.18. The van der Waals surface area contributed by atoms with Gasteiger partial charge in [-0.05, 0) is 25.1 Å². The van der Waals surface area contributed by atoms with Crippen molar-refractivity contribution in [2.45, 2.75) is 13.3 Å². The third kappa shape index (κ3) is 5.12. The van der Waals surface area contributed by atoms with Gasteiger partial charge in [-0.25, -0.2) is 4.39 Å². The summed E-state index contributed by atoms with van der Waals surface area (Å²) < 4.78 is 56.7. The molecule has 0 aliphatic carbocycles. The fraction of sp³-hybridized carbons (Fsp3) is 0.364. The summed E-state index contributed by atoms with van der Waals surface area (Å²) in [6.07, 6.45) is -4.72. The number of alkyl halides is 3. The third-order valence-electron chi connectivity index (χ3n) is 2.09. The molecule has 106 valence electrons. The molecule has 0 fully saturated rings. The van der Waals surface area contributed by atoms with Gasteiger partial charge in [0, 0.05) is 5.56 Å². The van der Waals surface area contributed by atoms with Crippen molar-refractivity contribution in [3.63, 3.8) is 0 Å². The van der Waals surface area contributed by atoms with E-state index in [1.165, 1.54) is 13.0 Å². The predicted octanol–water partition coefficient (Wildman–Crippen LogP) is 2.94. The highest BCUT2D eigenvalue weighted by molar-refractivity contribution is 6.00. The molecule has 19 heavy (non-hydrogen) atoms. The predicted molar refractivity (Wildman–Crippen MR) is 57.9 cm³/mol. The normalized spacial score (nSPS) is 12.6. The van der Waals surface area contributed by atoms with Crippen LogP contribution in [0.1, 0.15) is 12.5 Å². The van der Waals surface area contributed by atoms with Crippen LogP contribution in [-0.4, -0.2) is 30.5 Å². The molecule has 1 aromatic rings. The van der Waals surface area contributed by atoms with Crippen LogP contribution in [-0.2, 0) is 4.74 Å². The first kappa shape index (κ1) is 15.2. The van der Waals surface area contributed by atoms with Crippen LogP contribution < -0.4 is 4.74 Å². The summed E-state index contributed by atoms with van der Waals surface area (Å²) >= 11 is 0. The van der Waals surface area contributed by atoms with E-state index in [1.807, 2.05) is 0 Å². The van der Waals surface area contributed by atoms with Gasteiger partial charge in [0.15, 0.2) is 0 Å². The van der Waals surface area contributed by atoms with Gasteiger partial charge < -0.3 is 9.94 Å². The summed E-state index contributed by atoms with van der Waals surface area (Å²) in [5, 5.41) is 11.5. The van der Waals surface area contributed by atoms with Crippen LogP contribution in [0.3, 0.4) is 0 Å². The maximum Gasteiger partial charge on any atom is 0.522 e. The van der Waals surface area contributed by atoms with Crippen molar-refractivity contribution >= 4 is 5.71 Å². The first-order valence-corrected chi connectivity index (χ1v) is 5.15. The van der Waals surface area contributed by atoms with Gasteiger partial charge in [-0.2, -0.15) is 0 Å². The number of oxime groups is 1. The molecule has 0 aromatic heterocycles. The van der Waals surface area contributed by atoms with Crippen LogP contribution in [0.5, 0.6) is 5.75 Å². The highest BCUT2D eigenvalue weighted by Gasteiger charge is 2.28. The quantitative estimate of drug-likeness (QED) is 0.297. The second kappa shape index (κ2) is 6.37. The Morgan fingerprint density at radius 3 is 2.58 bits per heavy atom. The summed E-state index contributed by atoms with van der Waals surface area (Å²) in [7, 11) is 0. The molecule has 0 spiro atoms. The van der Waals surface area contributed by atoms with E-state index in [1.54, 1.807) is 0 Å². The lowest BCUT2D eigenvalue weighted by atomic mass is 10.1. The molecule has 8 heteroatoms. The molecule has 0 saturated heterocycles. The standard InChI is InChI=1S/C11H11F4NO3/c1-7(16-17)9-6-8(12)2-3-10(9)18-4-5-19-11(13,14)15/h2-3,6,17H,4-5H2,1H3. The lowest BCUT2D eigenvalue weighted by molar-refractivity contribution is -0.325. The van der Waals surface area contributed by atoms with Crippen molar-refractivity contribution in [1.29, 1.82) is 0 Å². The number of halogens is 4. The first-order chi connectivity index (χ1) is 8.83. The topological polar surface area (TPSA) is 51.1 Å². The Bertz CT molecular complexity index is 460. The number of nitrogens with zero attached hydrogens (tertiary/aromatic N) is 1. The second-order valence-corrected chi connectivity index (χ2v) is 3.47. The molecule has 0 aliphatic heterocycles. The van der Waals surface area contributed by atoms with E-state index < -0.39 is 18.8 Å². The van der Waals surface area contributed by atoms with Crippen LogP contribution >= 0.6 is 0 Å². The summed E-state index contributed by atoms with van der Waals surface area (Å²) in [6, 6.07) is 3.36. The van der Waals surface area contributed by atoms with Gasteiger partial charge >= 0.3 is 6.36 Å². The molecule has 0 saturated carbocycles. The number of hydrogen-bond acceptors (Lipinski definition) is 4. The Hall–Kier alpha value is -1.83. The minimum Gasteiger partial charge on any atom is -0.490 e. The highest BCUT2D eigenvalue weighted by Crippen LogP contribution is 2.21. The molecule has 4 nitrogen and oxygen atoms in total. The highest BCUT2D eigenvalue weighted by atomic mass is 19.4. The van der Waals surface area contributed by atoms with Gasteiger partial charge in [0.25, 0.3) is 0 Å². The van der Waals surface area contributed by atoms with E-state index in [4.69, 9.17) is 9.94 Å². The minimum absolute atomic E-state index is 0.0752. The average Bonchev–Trinajstić information content (AvgIpc) is 2.33. The maximum absolute atomic E-state index is 13.0. The molecule has 0 bridgehead atoms. The monoisotopic (exact) mass is 281 g/mol. The summed E-state index contributed by atoms with van der Waals surface area (Å²) in [6.45, 7) is 0.320. The van der Waals surface area contributed by atoms with Crippen LogP contribution in [0.15, 0.2) is 23.4 Å². The Kier molecular flexibility index (Phi) is 5.11. The molecule has 1 aromatic carbocycles. The second-order valence-electron chi connectivity index (χ2n) is 3.47. The SMILES string of the molecule is CC(=NO)c1cc(F)ccc1OCCOC(F)(F)F. The maximum atomic E-state index is 13.0. The van der Waals surface area contributed by atoms with Crippen LogP contribution in [0, 0.1) is 5.82 Å². The van der Waals surface area contributed by atoms with Gasteiger partial charge in [-0.15, -0.1) is 13.2 Å². The van der Waals surface area contributed by atoms with E-state index in [2.05, 4.69) is 9.89 Å². The Morgan fingerprint density at radius 1 is 1.32 bits per heavy atom. The molecule has 0 heterocycles. The molecular formula is C11H11F4NO3. The van der Waals surface area contributed by atoms with E-state index >= 15 is 0 Å². The number of rotatable bonds is 5. The summed E-state index contributed by atoms with van der Waals surface area (Å²) in [5.74, 6) is -0.487. The summed E-state index contributed by atoms with van der Waals surface area (Å²) in [5.41, 5.74) is 0.223. The molecule has 0 aliphatic rings. The molecular weight excluding hydrogens is 270 g/mol. The zero-order valence-electron chi connectivity index (χ0n) is 9.87. The first-order valence-electron chi connectivity index (χ1n) is 5.15. The molecule has 0 amide bonds.